The van der Waals surface area contributed by atoms with Crippen molar-refractivity contribution in [3.8, 4) is 0 Å². The van der Waals surface area contributed by atoms with Crippen molar-refractivity contribution in [1.82, 2.24) is 20.6 Å². The molecule has 0 fully saturated rings. The molecule has 1 heterocycles. The van der Waals surface area contributed by atoms with Gasteiger partial charge in [-0.05, 0) is 6.42 Å². The van der Waals surface area contributed by atoms with Gasteiger partial charge in [0.2, 0.25) is 17.7 Å². The molecule has 0 aliphatic heterocycles. The van der Waals surface area contributed by atoms with Gasteiger partial charge in [0.15, 0.2) is 0 Å². The second kappa shape index (κ2) is 9.25. The Labute approximate surface area is 137 Å². The highest BCUT2D eigenvalue weighted by Crippen LogP contribution is 2.01. The van der Waals surface area contributed by atoms with Crippen LogP contribution in [0.25, 0.3) is 0 Å². The van der Waals surface area contributed by atoms with Crippen LogP contribution in [-0.4, -0.2) is 57.4 Å². The number of aromatic nitrogens is 2. The summed E-state index contributed by atoms with van der Waals surface area (Å²) in [5.74, 6) is -3.13. The number of nitrogens with zero attached hydrogens (tertiary/aromatic N) is 1. The van der Waals surface area contributed by atoms with Gasteiger partial charge >= 0.3 is 5.97 Å². The van der Waals surface area contributed by atoms with Crippen molar-refractivity contribution in [2.24, 2.45) is 11.5 Å². The molecule has 0 aromatic carbocycles. The Bertz CT molecular complexity index is 588. The number of nitrogens with two attached hydrogens (primary N) is 2. The molecular weight excluding hydrogens is 320 g/mol. The number of carboxylic acid groups (broad SMARTS) is 1. The molecule has 8 N–H and O–H groups in total. The number of primary amides is 1. The zero-order valence-corrected chi connectivity index (χ0v) is 12.8. The Kier molecular flexibility index (Phi) is 7.36. The predicted octanol–water partition coefficient (Wildman–Crippen LogP) is -2.77. The van der Waals surface area contributed by atoms with E-state index >= 15 is 0 Å². The zero-order valence-electron chi connectivity index (χ0n) is 12.8. The Morgan fingerprint density at radius 1 is 1.29 bits per heavy atom. The Morgan fingerprint density at radius 2 is 2.00 bits per heavy atom. The SMILES string of the molecule is NC(=O)CCC(N)C(=O)NC(Cc1cnc[nH]1)C(=O)NCC(=O)O. The molecule has 132 valence electrons. The maximum Gasteiger partial charge on any atom is 0.322 e. The zero-order chi connectivity index (χ0) is 18.1. The van der Waals surface area contributed by atoms with Crippen molar-refractivity contribution in [3.63, 3.8) is 0 Å². The fourth-order valence-electron chi connectivity index (χ4n) is 1.82. The third-order valence-corrected chi connectivity index (χ3v) is 3.06. The number of imidazole rings is 1. The second-order valence-electron chi connectivity index (χ2n) is 5.07. The van der Waals surface area contributed by atoms with Crippen molar-refractivity contribution in [3.05, 3.63) is 18.2 Å². The molecule has 0 aliphatic carbocycles. The molecule has 11 nitrogen and oxygen atoms in total. The number of nitrogens with one attached hydrogen (secondary N) is 3. The van der Waals surface area contributed by atoms with Gasteiger partial charge in [-0.3, -0.25) is 19.2 Å². The quantitative estimate of drug-likeness (QED) is 0.265. The Balaban J connectivity index is 2.69. The highest BCUT2D eigenvalue weighted by Gasteiger charge is 2.25. The molecule has 0 saturated heterocycles. The molecule has 0 spiro atoms. The lowest BCUT2D eigenvalue weighted by Gasteiger charge is -2.19. The lowest BCUT2D eigenvalue weighted by atomic mass is 10.1. The first-order valence-electron chi connectivity index (χ1n) is 7.10. The number of H-pyrrole nitrogens is 1. The van der Waals surface area contributed by atoms with Crippen LogP contribution in [0.2, 0.25) is 0 Å². The van der Waals surface area contributed by atoms with E-state index in [1.54, 1.807) is 0 Å². The van der Waals surface area contributed by atoms with Crippen LogP contribution in [0, 0.1) is 0 Å². The third-order valence-electron chi connectivity index (χ3n) is 3.06. The van der Waals surface area contributed by atoms with Crippen LogP contribution < -0.4 is 22.1 Å². The summed E-state index contributed by atoms with van der Waals surface area (Å²) >= 11 is 0. The lowest BCUT2D eigenvalue weighted by Crippen LogP contribution is -2.53. The molecule has 0 saturated carbocycles. The van der Waals surface area contributed by atoms with Gasteiger partial charge in [0.1, 0.15) is 12.6 Å². The number of hydrogen-bond donors (Lipinski definition) is 6. The summed E-state index contributed by atoms with van der Waals surface area (Å²) in [5.41, 5.74) is 11.2. The molecule has 1 rings (SSSR count). The molecule has 2 unspecified atom stereocenters. The van der Waals surface area contributed by atoms with Gasteiger partial charge in [-0.1, -0.05) is 0 Å². The van der Waals surface area contributed by atoms with Crippen LogP contribution in [0.3, 0.4) is 0 Å². The normalized spacial score (nSPS) is 12.9. The average molecular weight is 340 g/mol. The maximum atomic E-state index is 12.1. The van der Waals surface area contributed by atoms with E-state index in [1.807, 2.05) is 0 Å². The van der Waals surface area contributed by atoms with Gasteiger partial charge in [0.05, 0.1) is 12.4 Å². The number of rotatable bonds is 10. The first-order chi connectivity index (χ1) is 11.3. The first kappa shape index (κ1) is 19.1. The fourth-order valence-corrected chi connectivity index (χ4v) is 1.82. The number of amides is 3. The van der Waals surface area contributed by atoms with E-state index in [0.29, 0.717) is 5.69 Å². The molecule has 2 atom stereocenters. The van der Waals surface area contributed by atoms with Crippen molar-refractivity contribution >= 4 is 23.7 Å². The average Bonchev–Trinajstić information content (AvgIpc) is 3.02. The standard InChI is InChI=1S/C13H20N6O5/c14-8(1-2-10(15)20)12(23)19-9(3-7-4-16-6-18-7)13(24)17-5-11(21)22/h4,6,8-9H,1-3,5,14H2,(H2,15,20)(H,16,18)(H,17,24)(H,19,23)(H,21,22). The summed E-state index contributed by atoms with van der Waals surface area (Å²) in [5, 5.41) is 13.2. The second-order valence-corrected chi connectivity index (χ2v) is 5.07. The highest BCUT2D eigenvalue weighted by atomic mass is 16.4. The minimum absolute atomic E-state index is 0.0364. The van der Waals surface area contributed by atoms with Gasteiger partial charge in [-0.25, -0.2) is 4.98 Å². The molecule has 0 radical (unpaired) electrons. The summed E-state index contributed by atoms with van der Waals surface area (Å²) in [6, 6.07) is -2.06. The number of carboxylic acids is 1. The molecule has 0 aliphatic rings. The lowest BCUT2D eigenvalue weighted by molar-refractivity contribution is -0.138. The largest absolute Gasteiger partial charge is 0.480 e. The van der Waals surface area contributed by atoms with E-state index in [4.69, 9.17) is 16.6 Å². The summed E-state index contributed by atoms with van der Waals surface area (Å²) in [7, 11) is 0. The number of aromatic amines is 1. The Morgan fingerprint density at radius 3 is 2.54 bits per heavy atom. The molecular formula is C13H20N6O5. The summed E-state index contributed by atoms with van der Waals surface area (Å²) in [4.78, 5) is 51.9. The number of carbonyl (C=O) groups is 4. The van der Waals surface area contributed by atoms with Crippen molar-refractivity contribution < 1.29 is 24.3 Å². The summed E-state index contributed by atoms with van der Waals surface area (Å²) < 4.78 is 0. The van der Waals surface area contributed by atoms with E-state index in [0.717, 1.165) is 0 Å². The third kappa shape index (κ3) is 6.87. The van der Waals surface area contributed by atoms with Gasteiger partial charge < -0.3 is 32.2 Å². The minimum atomic E-state index is -1.21. The molecule has 3 amide bonds. The predicted molar refractivity (Wildman–Crippen MR) is 81.3 cm³/mol. The topological polar surface area (TPSA) is 193 Å². The van der Waals surface area contributed by atoms with Crippen LogP contribution >= 0.6 is 0 Å². The van der Waals surface area contributed by atoms with Crippen LogP contribution in [0.4, 0.5) is 0 Å². The van der Waals surface area contributed by atoms with Gasteiger partial charge in [0, 0.05) is 24.7 Å². The van der Waals surface area contributed by atoms with Crippen molar-refractivity contribution in [2.75, 3.05) is 6.54 Å². The van der Waals surface area contributed by atoms with Gasteiger partial charge in [0.25, 0.3) is 0 Å². The number of hydrogen-bond acceptors (Lipinski definition) is 6. The van der Waals surface area contributed by atoms with E-state index in [9.17, 15) is 19.2 Å². The molecule has 24 heavy (non-hydrogen) atoms. The fraction of sp³-hybridized carbons (Fsp3) is 0.462. The number of aliphatic carboxylic acids is 1. The maximum absolute atomic E-state index is 12.1. The van der Waals surface area contributed by atoms with Crippen LogP contribution in [0.15, 0.2) is 12.5 Å². The summed E-state index contributed by atoms with van der Waals surface area (Å²) in [6.45, 7) is -0.581. The monoisotopic (exact) mass is 340 g/mol. The summed E-state index contributed by atoms with van der Waals surface area (Å²) in [6.07, 6.45) is 2.91. The molecule has 0 bridgehead atoms. The molecule has 1 aromatic rings. The van der Waals surface area contributed by atoms with E-state index in [-0.39, 0.29) is 19.3 Å². The smallest absolute Gasteiger partial charge is 0.322 e. The van der Waals surface area contributed by atoms with E-state index in [1.165, 1.54) is 12.5 Å². The molecule has 11 heteroatoms. The van der Waals surface area contributed by atoms with E-state index in [2.05, 4.69) is 20.6 Å². The molecule has 1 aromatic heterocycles. The van der Waals surface area contributed by atoms with Crippen LogP contribution in [-0.2, 0) is 25.6 Å². The van der Waals surface area contributed by atoms with Crippen molar-refractivity contribution in [2.45, 2.75) is 31.3 Å². The number of carbonyl (C=O) groups excluding carboxylic acids is 3. The van der Waals surface area contributed by atoms with Crippen LogP contribution in [0.1, 0.15) is 18.5 Å². The van der Waals surface area contributed by atoms with Gasteiger partial charge in [-0.15, -0.1) is 0 Å². The van der Waals surface area contributed by atoms with Crippen LogP contribution in [0.5, 0.6) is 0 Å². The highest BCUT2D eigenvalue weighted by molar-refractivity contribution is 5.91. The first-order valence-corrected chi connectivity index (χ1v) is 7.10. The van der Waals surface area contributed by atoms with Gasteiger partial charge in [-0.2, -0.15) is 0 Å². The van der Waals surface area contributed by atoms with E-state index < -0.39 is 42.3 Å². The van der Waals surface area contributed by atoms with Crippen molar-refractivity contribution in [1.29, 1.82) is 0 Å². The Hall–Kier alpha value is -2.95. The minimum Gasteiger partial charge on any atom is -0.480 e.